The zero-order valence-corrected chi connectivity index (χ0v) is 15.2. The summed E-state index contributed by atoms with van der Waals surface area (Å²) in [7, 11) is 0. The first-order valence-corrected chi connectivity index (χ1v) is 8.72. The monoisotopic (exact) mass is 367 g/mol. The highest BCUT2D eigenvalue weighted by molar-refractivity contribution is 6.09. The predicted molar refractivity (Wildman–Crippen MR) is 98.9 cm³/mol. The molecule has 140 valence electrons. The van der Waals surface area contributed by atoms with Crippen LogP contribution in [0.4, 0.5) is 4.79 Å². The third-order valence-corrected chi connectivity index (χ3v) is 4.34. The fraction of sp³-hybridized carbons (Fsp3) is 0.250. The summed E-state index contributed by atoms with van der Waals surface area (Å²) >= 11 is 0. The molecule has 1 saturated heterocycles. The van der Waals surface area contributed by atoms with Crippen LogP contribution in [0.2, 0.25) is 0 Å². The fourth-order valence-electron chi connectivity index (χ4n) is 2.80. The number of carbonyl (C=O) groups excluding carboxylic acids is 3. The Morgan fingerprint density at radius 2 is 1.78 bits per heavy atom. The van der Waals surface area contributed by atoms with E-state index in [9.17, 15) is 14.4 Å². The van der Waals surface area contributed by atoms with Crippen molar-refractivity contribution in [3.05, 3.63) is 65.7 Å². The van der Waals surface area contributed by atoms with Crippen molar-refractivity contribution in [2.75, 3.05) is 6.61 Å². The van der Waals surface area contributed by atoms with Crippen molar-refractivity contribution >= 4 is 17.8 Å². The Hall–Kier alpha value is -3.35. The van der Waals surface area contributed by atoms with Gasteiger partial charge in [-0.2, -0.15) is 5.01 Å². The Bertz CT molecular complexity index is 851. The van der Waals surface area contributed by atoms with E-state index in [1.54, 1.807) is 55.5 Å². The van der Waals surface area contributed by atoms with E-state index in [1.165, 1.54) is 0 Å². The fourth-order valence-corrected chi connectivity index (χ4v) is 2.80. The van der Waals surface area contributed by atoms with E-state index in [2.05, 4.69) is 10.7 Å². The summed E-state index contributed by atoms with van der Waals surface area (Å²) in [5, 5.41) is 3.36. The second-order valence-corrected chi connectivity index (χ2v) is 6.38. The second kappa shape index (κ2) is 7.49. The average molecular weight is 367 g/mol. The van der Waals surface area contributed by atoms with Gasteiger partial charge in [-0.3, -0.25) is 15.0 Å². The molecule has 0 unspecified atom stereocenters. The van der Waals surface area contributed by atoms with Gasteiger partial charge in [-0.05, 0) is 43.2 Å². The molecule has 1 aliphatic rings. The zero-order chi connectivity index (χ0) is 19.4. The summed E-state index contributed by atoms with van der Waals surface area (Å²) < 4.78 is 5.47. The number of hydrazine groups is 1. The summed E-state index contributed by atoms with van der Waals surface area (Å²) in [4.78, 5) is 37.5. The van der Waals surface area contributed by atoms with Gasteiger partial charge >= 0.3 is 6.03 Å². The van der Waals surface area contributed by atoms with Crippen molar-refractivity contribution in [2.45, 2.75) is 25.8 Å². The van der Waals surface area contributed by atoms with Gasteiger partial charge in [-0.1, -0.05) is 37.3 Å². The van der Waals surface area contributed by atoms with Gasteiger partial charge in [-0.25, -0.2) is 4.79 Å². The lowest BCUT2D eigenvalue weighted by molar-refractivity contribution is -0.132. The molecule has 1 atom stereocenters. The highest BCUT2D eigenvalue weighted by atomic mass is 16.5. The van der Waals surface area contributed by atoms with E-state index in [4.69, 9.17) is 4.74 Å². The lowest BCUT2D eigenvalue weighted by Crippen LogP contribution is -2.47. The van der Waals surface area contributed by atoms with Crippen LogP contribution in [0.3, 0.4) is 0 Å². The Balaban J connectivity index is 1.72. The molecule has 0 radical (unpaired) electrons. The van der Waals surface area contributed by atoms with Gasteiger partial charge in [-0.15, -0.1) is 0 Å². The van der Waals surface area contributed by atoms with Gasteiger partial charge in [0.25, 0.3) is 11.8 Å². The standard InChI is InChI=1S/C20H21N3O4/c1-3-13-27-16-11-9-14(10-12-16)17(24)22-23-18(25)20(2,21-19(23)26)15-7-5-4-6-8-15/h4-12H,3,13H2,1-2H3,(H,21,26)(H,22,24)/t20-/m1/s1. The zero-order valence-electron chi connectivity index (χ0n) is 15.2. The van der Waals surface area contributed by atoms with Gasteiger partial charge in [0.2, 0.25) is 0 Å². The Kier molecular flexibility index (Phi) is 5.12. The molecule has 1 aliphatic heterocycles. The van der Waals surface area contributed by atoms with Crippen LogP contribution in [0.25, 0.3) is 0 Å². The maximum absolute atomic E-state index is 12.8. The number of urea groups is 1. The number of imide groups is 1. The minimum absolute atomic E-state index is 0.313. The van der Waals surface area contributed by atoms with Crippen LogP contribution in [0.5, 0.6) is 5.75 Å². The number of carbonyl (C=O) groups is 3. The highest BCUT2D eigenvalue weighted by Gasteiger charge is 2.50. The number of nitrogens with one attached hydrogen (secondary N) is 2. The van der Waals surface area contributed by atoms with Crippen LogP contribution in [0, 0.1) is 0 Å². The first-order chi connectivity index (χ1) is 13.0. The maximum Gasteiger partial charge on any atom is 0.344 e. The summed E-state index contributed by atoms with van der Waals surface area (Å²) in [6.07, 6.45) is 0.884. The number of ether oxygens (including phenoxy) is 1. The highest BCUT2D eigenvalue weighted by Crippen LogP contribution is 2.27. The first kappa shape index (κ1) is 18.4. The molecular formula is C20H21N3O4. The molecular weight excluding hydrogens is 346 g/mol. The van der Waals surface area contributed by atoms with Crippen molar-refractivity contribution in [1.29, 1.82) is 0 Å². The van der Waals surface area contributed by atoms with Gasteiger partial charge in [0, 0.05) is 5.56 Å². The molecule has 0 saturated carbocycles. The third kappa shape index (κ3) is 3.62. The summed E-state index contributed by atoms with van der Waals surface area (Å²) in [6, 6.07) is 14.7. The van der Waals surface area contributed by atoms with Crippen molar-refractivity contribution in [3.8, 4) is 5.75 Å². The van der Waals surface area contributed by atoms with E-state index in [1.807, 2.05) is 13.0 Å². The van der Waals surface area contributed by atoms with Crippen LogP contribution >= 0.6 is 0 Å². The second-order valence-electron chi connectivity index (χ2n) is 6.38. The lowest BCUT2D eigenvalue weighted by atomic mass is 9.92. The molecule has 27 heavy (non-hydrogen) atoms. The Labute approximate surface area is 157 Å². The van der Waals surface area contributed by atoms with Crippen molar-refractivity contribution < 1.29 is 19.1 Å². The summed E-state index contributed by atoms with van der Waals surface area (Å²) in [5.41, 5.74) is 2.09. The van der Waals surface area contributed by atoms with E-state index >= 15 is 0 Å². The van der Waals surface area contributed by atoms with Crippen molar-refractivity contribution in [2.24, 2.45) is 0 Å². The van der Waals surface area contributed by atoms with Crippen LogP contribution in [-0.2, 0) is 10.3 Å². The molecule has 1 fully saturated rings. The van der Waals surface area contributed by atoms with Gasteiger partial charge in [0.15, 0.2) is 0 Å². The lowest BCUT2D eigenvalue weighted by Gasteiger charge is -2.22. The van der Waals surface area contributed by atoms with Crippen LogP contribution < -0.4 is 15.5 Å². The number of hydrogen-bond acceptors (Lipinski definition) is 4. The molecule has 0 bridgehead atoms. The summed E-state index contributed by atoms with van der Waals surface area (Å²) in [6.45, 7) is 4.20. The normalized spacial score (nSPS) is 19.0. The molecule has 2 N–H and O–H groups in total. The number of rotatable bonds is 6. The van der Waals surface area contributed by atoms with Crippen LogP contribution in [0.15, 0.2) is 54.6 Å². The molecule has 0 aromatic heterocycles. The third-order valence-electron chi connectivity index (χ3n) is 4.34. The van der Waals surface area contributed by atoms with Crippen LogP contribution in [-0.4, -0.2) is 29.5 Å². The minimum Gasteiger partial charge on any atom is -0.494 e. The predicted octanol–water partition coefficient (Wildman–Crippen LogP) is 2.59. The quantitative estimate of drug-likeness (QED) is 0.768. The van der Waals surface area contributed by atoms with E-state index in [0.717, 1.165) is 11.4 Å². The van der Waals surface area contributed by atoms with Crippen LogP contribution in [0.1, 0.15) is 36.2 Å². The van der Waals surface area contributed by atoms with Crippen molar-refractivity contribution in [1.82, 2.24) is 15.8 Å². The molecule has 7 heteroatoms. The molecule has 2 aromatic rings. The number of hydrogen-bond donors (Lipinski definition) is 2. The van der Waals surface area contributed by atoms with E-state index in [-0.39, 0.29) is 0 Å². The molecule has 7 nitrogen and oxygen atoms in total. The maximum atomic E-state index is 12.8. The van der Waals surface area contributed by atoms with E-state index < -0.39 is 23.4 Å². The average Bonchev–Trinajstić information content (AvgIpc) is 2.91. The summed E-state index contributed by atoms with van der Waals surface area (Å²) in [5.74, 6) is -0.451. The topological polar surface area (TPSA) is 87.7 Å². The molecule has 4 amide bonds. The Morgan fingerprint density at radius 3 is 2.41 bits per heavy atom. The Morgan fingerprint density at radius 1 is 1.11 bits per heavy atom. The first-order valence-electron chi connectivity index (χ1n) is 8.72. The molecule has 0 spiro atoms. The minimum atomic E-state index is -1.23. The van der Waals surface area contributed by atoms with Gasteiger partial charge < -0.3 is 10.1 Å². The smallest absolute Gasteiger partial charge is 0.344 e. The van der Waals surface area contributed by atoms with Crippen molar-refractivity contribution in [3.63, 3.8) is 0 Å². The molecule has 1 heterocycles. The molecule has 3 rings (SSSR count). The largest absolute Gasteiger partial charge is 0.494 e. The SMILES string of the molecule is CCCOc1ccc(C(=O)NN2C(=O)N[C@](C)(c3ccccc3)C2=O)cc1. The van der Waals surface area contributed by atoms with Gasteiger partial charge in [0.05, 0.1) is 6.61 Å². The van der Waals surface area contributed by atoms with E-state index in [0.29, 0.717) is 23.5 Å². The molecule has 2 aromatic carbocycles. The number of benzene rings is 2. The van der Waals surface area contributed by atoms with Gasteiger partial charge in [0.1, 0.15) is 11.3 Å². The number of amides is 4. The number of nitrogens with zero attached hydrogens (tertiary/aromatic N) is 1. The molecule has 0 aliphatic carbocycles.